The monoisotopic (exact) mass is 383 g/mol. The first kappa shape index (κ1) is 20.7. The maximum absolute atomic E-state index is 12.2. The lowest BCUT2D eigenvalue weighted by atomic mass is 10.1. The fourth-order valence-electron chi connectivity index (χ4n) is 2.63. The SMILES string of the molecule is Cc1ccc(S(=O)(=O)OCCC[C@@H](NC(=O)OC(C)(C)C)C2CC2)cc1. The smallest absolute Gasteiger partial charge is 0.407 e. The number of alkyl carbamates (subject to hydrolysis) is 1. The first-order chi connectivity index (χ1) is 12.1. The summed E-state index contributed by atoms with van der Waals surface area (Å²) in [4.78, 5) is 12.1. The molecule has 1 aromatic rings. The first-order valence-electron chi connectivity index (χ1n) is 9.02. The second kappa shape index (κ2) is 8.39. The molecule has 0 aliphatic heterocycles. The second-order valence-electron chi connectivity index (χ2n) is 7.82. The van der Waals surface area contributed by atoms with Crippen molar-refractivity contribution in [3.63, 3.8) is 0 Å². The van der Waals surface area contributed by atoms with Gasteiger partial charge in [0.15, 0.2) is 0 Å². The Morgan fingerprint density at radius 1 is 1.23 bits per heavy atom. The van der Waals surface area contributed by atoms with Gasteiger partial charge < -0.3 is 10.1 Å². The van der Waals surface area contributed by atoms with Gasteiger partial charge in [0.2, 0.25) is 0 Å². The molecule has 7 heteroatoms. The van der Waals surface area contributed by atoms with Crippen molar-refractivity contribution in [2.24, 2.45) is 5.92 Å². The standard InChI is InChI=1S/C19H29NO5S/c1-14-7-11-16(12-8-14)26(22,23)24-13-5-6-17(15-9-10-15)20-18(21)25-19(2,3)4/h7-8,11-12,15,17H,5-6,9-10,13H2,1-4H3,(H,20,21)/t17-/m1/s1. The normalized spacial score (nSPS) is 16.2. The molecule has 1 aliphatic rings. The molecule has 1 amide bonds. The van der Waals surface area contributed by atoms with E-state index in [1.54, 1.807) is 24.3 Å². The average Bonchev–Trinajstić information content (AvgIpc) is 3.33. The van der Waals surface area contributed by atoms with Gasteiger partial charge in [-0.3, -0.25) is 4.18 Å². The van der Waals surface area contributed by atoms with E-state index in [9.17, 15) is 13.2 Å². The topological polar surface area (TPSA) is 81.7 Å². The summed E-state index contributed by atoms with van der Waals surface area (Å²) < 4.78 is 34.7. The summed E-state index contributed by atoms with van der Waals surface area (Å²) in [5.41, 5.74) is 0.452. The number of carbonyl (C=O) groups excluding carboxylic acids is 1. The van der Waals surface area contributed by atoms with Crippen LogP contribution in [0, 0.1) is 12.8 Å². The van der Waals surface area contributed by atoms with Crippen LogP contribution in [0.4, 0.5) is 4.79 Å². The number of hydrogen-bond donors (Lipinski definition) is 1. The number of benzene rings is 1. The molecular formula is C19H29NO5S. The molecule has 1 fully saturated rings. The Balaban J connectivity index is 1.79. The Morgan fingerprint density at radius 3 is 2.38 bits per heavy atom. The molecule has 0 bridgehead atoms. The quantitative estimate of drug-likeness (QED) is 0.546. The molecule has 0 spiro atoms. The Morgan fingerprint density at radius 2 is 1.85 bits per heavy atom. The average molecular weight is 384 g/mol. The van der Waals surface area contributed by atoms with Gasteiger partial charge in [-0.05, 0) is 71.4 Å². The lowest BCUT2D eigenvalue weighted by Crippen LogP contribution is -2.40. The van der Waals surface area contributed by atoms with E-state index in [0.29, 0.717) is 18.8 Å². The lowest BCUT2D eigenvalue weighted by Gasteiger charge is -2.23. The Bertz CT molecular complexity index is 702. The molecule has 1 aromatic carbocycles. The molecule has 6 nitrogen and oxygen atoms in total. The van der Waals surface area contributed by atoms with Crippen LogP contribution >= 0.6 is 0 Å². The van der Waals surface area contributed by atoms with Crippen LogP contribution in [0.5, 0.6) is 0 Å². The molecule has 1 aliphatic carbocycles. The van der Waals surface area contributed by atoms with E-state index in [1.165, 1.54) is 0 Å². The van der Waals surface area contributed by atoms with Gasteiger partial charge in [-0.15, -0.1) is 0 Å². The minimum atomic E-state index is -3.74. The molecule has 0 unspecified atom stereocenters. The Labute approximate surface area is 156 Å². The van der Waals surface area contributed by atoms with Crippen molar-refractivity contribution in [1.82, 2.24) is 5.32 Å². The molecule has 2 rings (SSSR count). The lowest BCUT2D eigenvalue weighted by molar-refractivity contribution is 0.0493. The Hall–Kier alpha value is -1.60. The summed E-state index contributed by atoms with van der Waals surface area (Å²) in [6.07, 6.45) is 2.92. The van der Waals surface area contributed by atoms with Crippen molar-refractivity contribution in [1.29, 1.82) is 0 Å². The van der Waals surface area contributed by atoms with Gasteiger partial charge in [0, 0.05) is 6.04 Å². The van der Waals surface area contributed by atoms with Crippen molar-refractivity contribution in [3.8, 4) is 0 Å². The molecular weight excluding hydrogens is 354 g/mol. The molecule has 26 heavy (non-hydrogen) atoms. The molecule has 146 valence electrons. The van der Waals surface area contributed by atoms with Crippen LogP contribution in [-0.2, 0) is 19.0 Å². The van der Waals surface area contributed by atoms with Crippen LogP contribution in [0.25, 0.3) is 0 Å². The third-order valence-electron chi connectivity index (χ3n) is 4.10. The molecule has 0 radical (unpaired) electrons. The largest absolute Gasteiger partial charge is 0.444 e. The molecule has 0 aromatic heterocycles. The first-order valence-corrected chi connectivity index (χ1v) is 10.4. The maximum atomic E-state index is 12.2. The minimum absolute atomic E-state index is 0.00414. The highest BCUT2D eigenvalue weighted by Gasteiger charge is 2.33. The van der Waals surface area contributed by atoms with Gasteiger partial charge in [0.05, 0.1) is 11.5 Å². The van der Waals surface area contributed by atoms with E-state index in [2.05, 4.69) is 5.32 Å². The van der Waals surface area contributed by atoms with Crippen molar-refractivity contribution in [2.45, 2.75) is 69.9 Å². The number of rotatable bonds is 8. The summed E-state index contributed by atoms with van der Waals surface area (Å²) in [6.45, 7) is 7.45. The van der Waals surface area contributed by atoms with Crippen molar-refractivity contribution < 1.29 is 22.1 Å². The fraction of sp³-hybridized carbons (Fsp3) is 0.632. The van der Waals surface area contributed by atoms with Crippen LogP contribution in [-0.4, -0.2) is 32.8 Å². The number of aryl methyl sites for hydroxylation is 1. The van der Waals surface area contributed by atoms with Gasteiger partial charge in [-0.1, -0.05) is 17.7 Å². The third-order valence-corrected chi connectivity index (χ3v) is 5.43. The number of nitrogens with one attached hydrogen (secondary N) is 1. The second-order valence-corrected chi connectivity index (χ2v) is 9.44. The van der Waals surface area contributed by atoms with Gasteiger partial charge in [-0.25, -0.2) is 4.79 Å². The number of ether oxygens (including phenoxy) is 1. The van der Waals surface area contributed by atoms with Crippen molar-refractivity contribution in [3.05, 3.63) is 29.8 Å². The molecule has 1 atom stereocenters. The summed E-state index contributed by atoms with van der Waals surface area (Å²) in [7, 11) is -3.74. The van der Waals surface area contributed by atoms with Crippen LogP contribution in [0.3, 0.4) is 0 Å². The van der Waals surface area contributed by atoms with Gasteiger partial charge >= 0.3 is 6.09 Å². The predicted molar refractivity (Wildman–Crippen MR) is 99.4 cm³/mol. The van der Waals surface area contributed by atoms with Gasteiger partial charge in [-0.2, -0.15) is 8.42 Å². The highest BCUT2D eigenvalue weighted by Crippen LogP contribution is 2.34. The molecule has 0 saturated heterocycles. The van der Waals surface area contributed by atoms with Crippen molar-refractivity contribution >= 4 is 16.2 Å². The third kappa shape index (κ3) is 6.96. The number of hydrogen-bond acceptors (Lipinski definition) is 5. The van der Waals surface area contributed by atoms with Gasteiger partial charge in [0.25, 0.3) is 10.1 Å². The van der Waals surface area contributed by atoms with Crippen LogP contribution in [0.2, 0.25) is 0 Å². The summed E-state index contributed by atoms with van der Waals surface area (Å²) in [5, 5.41) is 2.90. The van der Waals surface area contributed by atoms with E-state index in [1.807, 2.05) is 27.7 Å². The summed E-state index contributed by atoms with van der Waals surface area (Å²) >= 11 is 0. The Kier molecular flexibility index (Phi) is 6.69. The van der Waals surface area contributed by atoms with Crippen molar-refractivity contribution in [2.75, 3.05) is 6.61 Å². The number of amides is 1. The zero-order valence-corrected chi connectivity index (χ0v) is 16.8. The summed E-state index contributed by atoms with van der Waals surface area (Å²) in [6, 6.07) is 6.56. The fourth-order valence-corrected chi connectivity index (χ4v) is 3.57. The van der Waals surface area contributed by atoms with E-state index < -0.39 is 21.8 Å². The van der Waals surface area contributed by atoms with E-state index in [4.69, 9.17) is 8.92 Å². The minimum Gasteiger partial charge on any atom is -0.444 e. The number of carbonyl (C=O) groups is 1. The molecule has 0 heterocycles. The maximum Gasteiger partial charge on any atom is 0.407 e. The van der Waals surface area contributed by atoms with E-state index in [0.717, 1.165) is 18.4 Å². The zero-order valence-electron chi connectivity index (χ0n) is 15.9. The van der Waals surface area contributed by atoms with E-state index in [-0.39, 0.29) is 17.5 Å². The molecule has 1 N–H and O–H groups in total. The predicted octanol–water partition coefficient (Wildman–Crippen LogP) is 3.78. The van der Waals surface area contributed by atoms with Gasteiger partial charge in [0.1, 0.15) is 5.60 Å². The van der Waals surface area contributed by atoms with Crippen LogP contribution in [0.15, 0.2) is 29.2 Å². The van der Waals surface area contributed by atoms with Crippen LogP contribution < -0.4 is 5.32 Å². The zero-order chi connectivity index (χ0) is 19.4. The highest BCUT2D eigenvalue weighted by atomic mass is 32.2. The van der Waals surface area contributed by atoms with E-state index >= 15 is 0 Å². The van der Waals surface area contributed by atoms with Crippen LogP contribution in [0.1, 0.15) is 52.0 Å². The summed E-state index contributed by atoms with van der Waals surface area (Å²) in [5.74, 6) is 0.441. The highest BCUT2D eigenvalue weighted by molar-refractivity contribution is 7.86. The molecule has 1 saturated carbocycles.